The second-order valence-electron chi connectivity index (χ2n) is 4.43. The third-order valence-corrected chi connectivity index (χ3v) is 20.4. The fraction of sp³-hybridized carbons (Fsp3) is 0.167. The summed E-state index contributed by atoms with van der Waals surface area (Å²) in [7, 11) is 0. The summed E-state index contributed by atoms with van der Waals surface area (Å²) in [5.41, 5.74) is 0.957. The molecule has 0 heterocycles. The van der Waals surface area contributed by atoms with E-state index in [-0.39, 0.29) is 0 Å². The van der Waals surface area contributed by atoms with Gasteiger partial charge in [-0.15, -0.1) is 0 Å². The third kappa shape index (κ3) is 3.77. The van der Waals surface area contributed by atoms with E-state index in [9.17, 15) is 0 Å². The van der Waals surface area contributed by atoms with Crippen LogP contribution in [0.2, 0.25) is 0 Å². The summed E-state index contributed by atoms with van der Waals surface area (Å²) in [4.78, 5) is 0. The first-order valence-electron chi connectivity index (χ1n) is 5.52. The maximum Gasteiger partial charge on any atom is 0.137 e. The molecule has 0 saturated heterocycles. The minimum Gasteiger partial charge on any atom is -0.0712 e. The summed E-state index contributed by atoms with van der Waals surface area (Å²) in [6, 6.07) is 0. The predicted octanol–water partition coefficient (Wildman–Crippen LogP) is 11.6. The van der Waals surface area contributed by atoms with E-state index in [0.29, 0.717) is 0 Å². The molecule has 24 heavy (non-hydrogen) atoms. The summed E-state index contributed by atoms with van der Waals surface area (Å²) < 4.78 is 6.62. The number of allylic oxidation sites excluding steroid dienone is 4. The van der Waals surface area contributed by atoms with Crippen molar-refractivity contribution in [2.45, 2.75) is 7.56 Å². The number of hydrogen-bond donors (Lipinski definition) is 0. The van der Waals surface area contributed by atoms with Crippen LogP contribution < -0.4 is 0 Å². The lowest BCUT2D eigenvalue weighted by molar-refractivity contribution is 0.763. The van der Waals surface area contributed by atoms with Crippen molar-refractivity contribution in [3.8, 4) is 0 Å². The molecule has 0 saturated carbocycles. The van der Waals surface area contributed by atoms with Gasteiger partial charge in [-0.05, 0) is 112 Å². The monoisotopic (exact) mass is 1090 g/mol. The first-order valence-corrected chi connectivity index (χ1v) is 15.0. The van der Waals surface area contributed by atoms with E-state index in [2.05, 4.69) is 191 Å². The van der Waals surface area contributed by atoms with Gasteiger partial charge in [-0.25, -0.2) is 0 Å². The van der Waals surface area contributed by atoms with Crippen LogP contribution in [0.3, 0.4) is 0 Å². The molecule has 1 aromatic carbocycles. The Balaban J connectivity index is 3.01. The maximum atomic E-state index is 3.96. The van der Waals surface area contributed by atoms with Gasteiger partial charge in [0, 0.05) is 45.9 Å². The van der Waals surface area contributed by atoms with Gasteiger partial charge in [-0.3, -0.25) is 0 Å². The topological polar surface area (TPSA) is 0 Å². The van der Waals surface area contributed by atoms with Crippen molar-refractivity contribution >= 4 is 191 Å². The Morgan fingerprint density at radius 3 is 1.21 bits per heavy atom. The van der Waals surface area contributed by atoms with Crippen LogP contribution in [0.25, 0.3) is 0 Å². The second-order valence-corrected chi connectivity index (χ2v) is 16.2. The summed E-state index contributed by atoms with van der Waals surface area (Å²) in [6.45, 7) is 0. The molecule has 0 radical (unpaired) electrons. The van der Waals surface area contributed by atoms with Gasteiger partial charge >= 0.3 is 0 Å². The molecule has 0 aromatic heterocycles. The molecular formula is C12Br12. The van der Waals surface area contributed by atoms with Crippen LogP contribution in [-0.4, -0.2) is 3.23 Å². The number of halogens is 12. The van der Waals surface area contributed by atoms with E-state index < -0.39 is 7.56 Å². The molecular weight excluding hydrogens is 1100 g/mol. The van der Waals surface area contributed by atoms with E-state index in [4.69, 9.17) is 0 Å². The van der Waals surface area contributed by atoms with Crippen LogP contribution in [0.5, 0.6) is 0 Å². The average molecular weight is 1100 g/mol. The Bertz CT molecular complexity index is 776. The molecule has 0 nitrogen and oxygen atoms in total. The molecule has 1 aliphatic rings. The highest BCUT2D eigenvalue weighted by Gasteiger charge is 2.58. The standard InChI is InChI=1S/C12Br12/c13-2-1(3(14)5(16)6(17)4(2)15)11(22)9(20)7(18)8(19)10(21)12(11,23)24. The van der Waals surface area contributed by atoms with Crippen molar-refractivity contribution < 1.29 is 0 Å². The Kier molecular flexibility index (Phi) is 9.18. The van der Waals surface area contributed by atoms with Crippen LogP contribution in [0.1, 0.15) is 5.56 Å². The smallest absolute Gasteiger partial charge is 0.0712 e. The molecule has 0 bridgehead atoms. The zero-order valence-corrected chi connectivity index (χ0v) is 29.6. The van der Waals surface area contributed by atoms with Crippen molar-refractivity contribution in [2.75, 3.05) is 0 Å². The zero-order chi connectivity index (χ0) is 18.8. The average Bonchev–Trinajstić information content (AvgIpc) is 2.53. The third-order valence-electron chi connectivity index (χ3n) is 3.14. The summed E-state index contributed by atoms with van der Waals surface area (Å²) in [5, 5.41) is 0. The maximum absolute atomic E-state index is 3.96. The van der Waals surface area contributed by atoms with Gasteiger partial charge in [0.1, 0.15) is 7.56 Å². The van der Waals surface area contributed by atoms with Gasteiger partial charge in [0.2, 0.25) is 0 Å². The van der Waals surface area contributed by atoms with Gasteiger partial charge in [0.25, 0.3) is 0 Å². The SMILES string of the molecule is BrC1=C(Br)C(Br)(Br)C(Br)(c2c(Br)c(Br)c(Br)c(Br)c2Br)C(Br)=C1Br. The molecule has 1 atom stereocenters. The Labute approximate surface area is 240 Å². The first-order chi connectivity index (χ1) is 10.8. The molecule has 1 aliphatic carbocycles. The van der Waals surface area contributed by atoms with Gasteiger partial charge in [0.15, 0.2) is 0 Å². The second kappa shape index (κ2) is 8.91. The highest BCUT2D eigenvalue weighted by Crippen LogP contribution is 2.69. The number of hydrogen-bond acceptors (Lipinski definition) is 0. The summed E-state index contributed by atoms with van der Waals surface area (Å²) in [5.74, 6) is 0. The minimum absolute atomic E-state index is 0.681. The predicted molar refractivity (Wildman–Crippen MR) is 146 cm³/mol. The Hall–Kier alpha value is 4.46. The van der Waals surface area contributed by atoms with Crippen LogP contribution >= 0.6 is 191 Å². The van der Waals surface area contributed by atoms with Gasteiger partial charge in [0.05, 0.1) is 0 Å². The molecule has 2 rings (SSSR count). The minimum atomic E-state index is -0.710. The van der Waals surface area contributed by atoms with E-state index in [1.54, 1.807) is 0 Å². The van der Waals surface area contributed by atoms with Crippen molar-refractivity contribution in [1.82, 2.24) is 0 Å². The normalized spacial score (nSPS) is 24.0. The number of alkyl halides is 3. The van der Waals surface area contributed by atoms with Crippen molar-refractivity contribution in [3.63, 3.8) is 0 Å². The summed E-state index contributed by atoms with van der Waals surface area (Å²) >= 11 is 44.6. The number of rotatable bonds is 1. The zero-order valence-electron chi connectivity index (χ0n) is 10.5. The lowest BCUT2D eigenvalue weighted by Gasteiger charge is -2.44. The van der Waals surface area contributed by atoms with Gasteiger partial charge in [-0.2, -0.15) is 0 Å². The molecule has 0 spiro atoms. The Morgan fingerprint density at radius 2 is 0.792 bits per heavy atom. The fourth-order valence-corrected chi connectivity index (χ4v) is 12.4. The molecule has 0 fully saturated rings. The van der Waals surface area contributed by atoms with Crippen LogP contribution in [0, 0.1) is 0 Å². The highest BCUT2D eigenvalue weighted by atomic mass is 79.9. The van der Waals surface area contributed by atoms with E-state index in [1.165, 1.54) is 0 Å². The van der Waals surface area contributed by atoms with Gasteiger partial charge in [-0.1, -0.05) is 79.6 Å². The lowest BCUT2D eigenvalue weighted by atomic mass is 9.91. The summed E-state index contributed by atoms with van der Waals surface area (Å²) in [6.07, 6.45) is 0. The molecule has 0 aliphatic heterocycles. The van der Waals surface area contributed by atoms with E-state index >= 15 is 0 Å². The quantitative estimate of drug-likeness (QED) is 0.149. The van der Waals surface area contributed by atoms with Crippen molar-refractivity contribution in [1.29, 1.82) is 0 Å². The van der Waals surface area contributed by atoms with Crippen molar-refractivity contribution in [3.05, 3.63) is 45.9 Å². The van der Waals surface area contributed by atoms with Crippen LogP contribution in [0.15, 0.2) is 40.3 Å². The van der Waals surface area contributed by atoms with Crippen LogP contribution in [0.4, 0.5) is 0 Å². The first kappa shape index (κ1) is 24.7. The van der Waals surface area contributed by atoms with Crippen molar-refractivity contribution in [2.24, 2.45) is 0 Å². The van der Waals surface area contributed by atoms with E-state index in [1.807, 2.05) is 0 Å². The largest absolute Gasteiger partial charge is 0.137 e. The molecule has 132 valence electrons. The molecule has 12 heteroatoms. The van der Waals surface area contributed by atoms with E-state index in [0.717, 1.165) is 45.9 Å². The lowest BCUT2D eigenvalue weighted by Crippen LogP contribution is -2.41. The van der Waals surface area contributed by atoms with Crippen LogP contribution in [-0.2, 0) is 4.32 Å². The van der Waals surface area contributed by atoms with Gasteiger partial charge < -0.3 is 0 Å². The fourth-order valence-electron chi connectivity index (χ4n) is 1.94. The molecule has 0 N–H and O–H groups in total. The molecule has 1 aromatic rings. The Morgan fingerprint density at radius 1 is 0.458 bits per heavy atom. The highest BCUT2D eigenvalue weighted by molar-refractivity contribution is 9.27. The molecule has 0 amide bonds. The molecule has 1 unspecified atom stereocenters. The number of benzene rings is 1.